The van der Waals surface area contributed by atoms with E-state index in [1.807, 2.05) is 12.4 Å². The van der Waals surface area contributed by atoms with E-state index in [-0.39, 0.29) is 0 Å². The first-order valence-corrected chi connectivity index (χ1v) is 5.43. The monoisotopic (exact) mass is 192 g/mol. The van der Waals surface area contributed by atoms with Crippen molar-refractivity contribution in [3.8, 4) is 0 Å². The first kappa shape index (κ1) is 11.2. The largest absolute Gasteiger partial charge is 0.310 e. The predicted molar refractivity (Wildman–Crippen MR) is 60.3 cm³/mol. The molecule has 2 heteroatoms. The SMILES string of the molecule is CCCNC(CC)c1ccncc1C. The molecule has 0 amide bonds. The molecule has 14 heavy (non-hydrogen) atoms. The Morgan fingerprint density at radius 1 is 1.43 bits per heavy atom. The van der Waals surface area contributed by atoms with E-state index in [0.717, 1.165) is 13.0 Å². The van der Waals surface area contributed by atoms with Crippen molar-refractivity contribution in [2.24, 2.45) is 0 Å². The van der Waals surface area contributed by atoms with Gasteiger partial charge in [-0.1, -0.05) is 13.8 Å². The zero-order valence-corrected chi connectivity index (χ0v) is 9.38. The normalized spacial score (nSPS) is 12.8. The lowest BCUT2D eigenvalue weighted by atomic mass is 10.0. The minimum Gasteiger partial charge on any atom is -0.310 e. The van der Waals surface area contributed by atoms with E-state index in [4.69, 9.17) is 0 Å². The van der Waals surface area contributed by atoms with Crippen molar-refractivity contribution in [3.05, 3.63) is 29.6 Å². The Morgan fingerprint density at radius 3 is 2.79 bits per heavy atom. The lowest BCUT2D eigenvalue weighted by Gasteiger charge is -2.18. The molecule has 1 aromatic heterocycles. The molecular formula is C12H20N2. The van der Waals surface area contributed by atoms with Crippen LogP contribution < -0.4 is 5.32 Å². The number of nitrogens with zero attached hydrogens (tertiary/aromatic N) is 1. The van der Waals surface area contributed by atoms with Crippen molar-refractivity contribution < 1.29 is 0 Å². The highest BCUT2D eigenvalue weighted by atomic mass is 14.9. The molecule has 0 fully saturated rings. The van der Waals surface area contributed by atoms with Crippen LogP contribution in [0.2, 0.25) is 0 Å². The molecule has 1 aromatic rings. The molecule has 1 unspecified atom stereocenters. The van der Waals surface area contributed by atoms with Gasteiger partial charge < -0.3 is 5.32 Å². The number of nitrogens with one attached hydrogen (secondary N) is 1. The molecule has 0 aliphatic rings. The van der Waals surface area contributed by atoms with Gasteiger partial charge in [-0.2, -0.15) is 0 Å². The quantitative estimate of drug-likeness (QED) is 0.776. The van der Waals surface area contributed by atoms with Gasteiger partial charge in [0.2, 0.25) is 0 Å². The molecule has 0 aliphatic carbocycles. The molecule has 0 spiro atoms. The summed E-state index contributed by atoms with van der Waals surface area (Å²) in [7, 11) is 0. The molecule has 0 radical (unpaired) electrons. The van der Waals surface area contributed by atoms with E-state index in [1.165, 1.54) is 17.5 Å². The molecule has 1 heterocycles. The lowest BCUT2D eigenvalue weighted by Crippen LogP contribution is -2.22. The van der Waals surface area contributed by atoms with Crippen LogP contribution in [0.3, 0.4) is 0 Å². The van der Waals surface area contributed by atoms with Crippen LogP contribution in [0, 0.1) is 6.92 Å². The van der Waals surface area contributed by atoms with Gasteiger partial charge in [0.15, 0.2) is 0 Å². The van der Waals surface area contributed by atoms with Crippen molar-refractivity contribution in [1.82, 2.24) is 10.3 Å². The molecule has 0 bridgehead atoms. The first-order chi connectivity index (χ1) is 6.79. The second kappa shape index (κ2) is 5.76. The molecule has 0 saturated carbocycles. The Kier molecular flexibility index (Phi) is 4.60. The third kappa shape index (κ3) is 2.81. The summed E-state index contributed by atoms with van der Waals surface area (Å²) in [6, 6.07) is 2.60. The Labute approximate surface area is 86.8 Å². The smallest absolute Gasteiger partial charge is 0.0321 e. The van der Waals surface area contributed by atoms with Gasteiger partial charge in [-0.3, -0.25) is 4.98 Å². The van der Waals surface area contributed by atoms with Crippen LogP contribution in [0.4, 0.5) is 0 Å². The predicted octanol–water partition coefficient (Wildman–Crippen LogP) is 2.84. The summed E-state index contributed by atoms with van der Waals surface area (Å²) in [5, 5.41) is 3.55. The van der Waals surface area contributed by atoms with Gasteiger partial charge in [-0.25, -0.2) is 0 Å². The van der Waals surface area contributed by atoms with Crippen molar-refractivity contribution in [1.29, 1.82) is 0 Å². The fraction of sp³-hybridized carbons (Fsp3) is 0.583. The van der Waals surface area contributed by atoms with Crippen LogP contribution in [-0.4, -0.2) is 11.5 Å². The zero-order chi connectivity index (χ0) is 10.4. The van der Waals surface area contributed by atoms with Gasteiger partial charge in [0, 0.05) is 18.4 Å². The standard InChI is InChI=1S/C12H20N2/c1-4-7-14-12(5-2)11-6-8-13-9-10(11)3/h6,8-9,12,14H,4-5,7H2,1-3H3. The maximum absolute atomic E-state index is 4.11. The van der Waals surface area contributed by atoms with Gasteiger partial charge in [0.25, 0.3) is 0 Å². The second-order valence-corrected chi connectivity index (χ2v) is 3.65. The average molecular weight is 192 g/mol. The highest BCUT2D eigenvalue weighted by Crippen LogP contribution is 2.19. The van der Waals surface area contributed by atoms with E-state index in [9.17, 15) is 0 Å². The van der Waals surface area contributed by atoms with E-state index < -0.39 is 0 Å². The van der Waals surface area contributed by atoms with E-state index in [1.54, 1.807) is 0 Å². The molecule has 2 nitrogen and oxygen atoms in total. The van der Waals surface area contributed by atoms with E-state index in [0.29, 0.717) is 6.04 Å². The fourth-order valence-electron chi connectivity index (χ4n) is 1.67. The van der Waals surface area contributed by atoms with E-state index in [2.05, 4.69) is 37.1 Å². The Morgan fingerprint density at radius 2 is 2.21 bits per heavy atom. The summed E-state index contributed by atoms with van der Waals surface area (Å²) in [5.41, 5.74) is 2.67. The van der Waals surface area contributed by atoms with Crippen LogP contribution in [0.1, 0.15) is 43.9 Å². The molecule has 1 N–H and O–H groups in total. The molecule has 0 saturated heterocycles. The van der Waals surface area contributed by atoms with Crippen LogP contribution in [0.15, 0.2) is 18.5 Å². The Hall–Kier alpha value is -0.890. The maximum atomic E-state index is 4.11. The summed E-state index contributed by atoms with van der Waals surface area (Å²) >= 11 is 0. The minimum atomic E-state index is 0.484. The number of hydrogen-bond acceptors (Lipinski definition) is 2. The van der Waals surface area contributed by atoms with Gasteiger partial charge >= 0.3 is 0 Å². The third-order valence-corrected chi connectivity index (χ3v) is 2.49. The summed E-state index contributed by atoms with van der Waals surface area (Å²) in [6.07, 6.45) is 6.12. The number of rotatable bonds is 5. The highest BCUT2D eigenvalue weighted by molar-refractivity contribution is 5.25. The number of aryl methyl sites for hydroxylation is 1. The van der Waals surface area contributed by atoms with Gasteiger partial charge in [-0.05, 0) is 43.5 Å². The Bertz CT molecular complexity index is 271. The number of aromatic nitrogens is 1. The van der Waals surface area contributed by atoms with Crippen molar-refractivity contribution >= 4 is 0 Å². The summed E-state index contributed by atoms with van der Waals surface area (Å²) in [5.74, 6) is 0. The van der Waals surface area contributed by atoms with Crippen LogP contribution >= 0.6 is 0 Å². The summed E-state index contributed by atoms with van der Waals surface area (Å²) in [6.45, 7) is 7.62. The third-order valence-electron chi connectivity index (χ3n) is 2.49. The van der Waals surface area contributed by atoms with E-state index >= 15 is 0 Å². The zero-order valence-electron chi connectivity index (χ0n) is 9.38. The molecule has 1 rings (SSSR count). The van der Waals surface area contributed by atoms with Gasteiger partial charge in [0.05, 0.1) is 0 Å². The van der Waals surface area contributed by atoms with Crippen molar-refractivity contribution in [2.75, 3.05) is 6.54 Å². The molecular weight excluding hydrogens is 172 g/mol. The van der Waals surface area contributed by atoms with Crippen LogP contribution in [0.25, 0.3) is 0 Å². The maximum Gasteiger partial charge on any atom is 0.0321 e. The van der Waals surface area contributed by atoms with Crippen molar-refractivity contribution in [2.45, 2.75) is 39.7 Å². The topological polar surface area (TPSA) is 24.9 Å². The number of pyridine rings is 1. The second-order valence-electron chi connectivity index (χ2n) is 3.65. The average Bonchev–Trinajstić information content (AvgIpc) is 2.21. The Balaban J connectivity index is 2.73. The van der Waals surface area contributed by atoms with Gasteiger partial charge in [0.1, 0.15) is 0 Å². The van der Waals surface area contributed by atoms with Gasteiger partial charge in [-0.15, -0.1) is 0 Å². The lowest BCUT2D eigenvalue weighted by molar-refractivity contribution is 0.516. The molecule has 0 aliphatic heterocycles. The fourth-order valence-corrected chi connectivity index (χ4v) is 1.67. The molecule has 78 valence electrons. The van der Waals surface area contributed by atoms with Crippen molar-refractivity contribution in [3.63, 3.8) is 0 Å². The molecule has 1 atom stereocenters. The van der Waals surface area contributed by atoms with Crippen LogP contribution in [0.5, 0.6) is 0 Å². The highest BCUT2D eigenvalue weighted by Gasteiger charge is 2.09. The van der Waals surface area contributed by atoms with Crippen LogP contribution in [-0.2, 0) is 0 Å². The summed E-state index contributed by atoms with van der Waals surface area (Å²) < 4.78 is 0. The summed E-state index contributed by atoms with van der Waals surface area (Å²) in [4.78, 5) is 4.11. The number of hydrogen-bond donors (Lipinski definition) is 1. The first-order valence-electron chi connectivity index (χ1n) is 5.43. The minimum absolute atomic E-state index is 0.484. The molecule has 0 aromatic carbocycles.